The third kappa shape index (κ3) is 3.27. The van der Waals surface area contributed by atoms with Crippen LogP contribution in [-0.2, 0) is 0 Å². The van der Waals surface area contributed by atoms with E-state index in [0.717, 1.165) is 23.1 Å². The lowest BCUT2D eigenvalue weighted by molar-refractivity contribution is 0.352. The highest BCUT2D eigenvalue weighted by molar-refractivity contribution is 9.10. The molecule has 1 aromatic rings. The first-order valence-corrected chi connectivity index (χ1v) is 7.51. The van der Waals surface area contributed by atoms with Gasteiger partial charge in [0.25, 0.3) is 0 Å². The van der Waals surface area contributed by atoms with Crippen LogP contribution in [0.4, 0.5) is 5.82 Å². The molecule has 0 spiro atoms. The van der Waals surface area contributed by atoms with E-state index in [-0.39, 0.29) is 5.54 Å². The van der Waals surface area contributed by atoms with E-state index < -0.39 is 0 Å². The topological polar surface area (TPSA) is 24.9 Å². The van der Waals surface area contributed by atoms with Crippen molar-refractivity contribution in [2.45, 2.75) is 37.6 Å². The summed E-state index contributed by atoms with van der Waals surface area (Å²) in [7, 11) is 0. The van der Waals surface area contributed by atoms with Gasteiger partial charge in [-0.15, -0.1) is 11.6 Å². The van der Waals surface area contributed by atoms with Gasteiger partial charge in [0.05, 0.1) is 15.0 Å². The molecule has 2 rings (SSSR count). The van der Waals surface area contributed by atoms with Gasteiger partial charge in [-0.3, -0.25) is 0 Å². The Morgan fingerprint density at radius 2 is 2.06 bits per heavy atom. The summed E-state index contributed by atoms with van der Waals surface area (Å²) < 4.78 is 0.889. The Bertz CT molecular complexity index is 392. The first kappa shape index (κ1) is 13.4. The first-order valence-electron chi connectivity index (χ1n) is 5.80. The van der Waals surface area contributed by atoms with Crippen molar-refractivity contribution < 1.29 is 0 Å². The lowest BCUT2D eigenvalue weighted by Gasteiger charge is -2.37. The Balaban J connectivity index is 2.17. The van der Waals surface area contributed by atoms with E-state index in [2.05, 4.69) is 26.2 Å². The highest BCUT2D eigenvalue weighted by Crippen LogP contribution is 2.34. The van der Waals surface area contributed by atoms with Crippen molar-refractivity contribution in [3.63, 3.8) is 0 Å². The number of rotatable bonds is 3. The molecule has 0 amide bonds. The number of aromatic nitrogens is 1. The molecule has 94 valence electrons. The molecule has 0 radical (unpaired) electrons. The zero-order chi connectivity index (χ0) is 12.3. The summed E-state index contributed by atoms with van der Waals surface area (Å²) in [6.07, 6.45) is 7.62. The third-order valence-corrected chi connectivity index (χ3v) is 4.58. The number of alkyl halides is 1. The Labute approximate surface area is 120 Å². The number of hydrogen-bond acceptors (Lipinski definition) is 2. The van der Waals surface area contributed by atoms with Crippen LogP contribution in [0, 0.1) is 0 Å². The molecule has 1 fully saturated rings. The van der Waals surface area contributed by atoms with Crippen molar-refractivity contribution in [1.82, 2.24) is 4.98 Å². The van der Waals surface area contributed by atoms with Gasteiger partial charge in [-0.05, 0) is 34.8 Å². The second-order valence-corrected chi connectivity index (χ2v) is 6.14. The maximum atomic E-state index is 6.14. The van der Waals surface area contributed by atoms with Crippen LogP contribution in [0.3, 0.4) is 0 Å². The van der Waals surface area contributed by atoms with E-state index >= 15 is 0 Å². The van der Waals surface area contributed by atoms with E-state index in [4.69, 9.17) is 23.2 Å². The summed E-state index contributed by atoms with van der Waals surface area (Å²) in [4.78, 5) is 4.32. The number of hydrogen-bond donors (Lipinski definition) is 1. The lowest BCUT2D eigenvalue weighted by atomic mass is 9.83. The maximum absolute atomic E-state index is 6.14. The van der Waals surface area contributed by atoms with Crippen LogP contribution in [0.2, 0.25) is 5.02 Å². The van der Waals surface area contributed by atoms with Gasteiger partial charge < -0.3 is 5.32 Å². The third-order valence-electron chi connectivity index (χ3n) is 3.26. The lowest BCUT2D eigenvalue weighted by Crippen LogP contribution is -2.42. The van der Waals surface area contributed by atoms with Gasteiger partial charge in [0.15, 0.2) is 0 Å². The molecule has 0 bridgehead atoms. The van der Waals surface area contributed by atoms with E-state index in [1.165, 1.54) is 19.3 Å². The molecule has 5 heteroatoms. The van der Waals surface area contributed by atoms with Crippen molar-refractivity contribution in [2.24, 2.45) is 0 Å². The Morgan fingerprint density at radius 3 is 2.65 bits per heavy atom. The van der Waals surface area contributed by atoms with Crippen LogP contribution in [0.15, 0.2) is 16.7 Å². The highest BCUT2D eigenvalue weighted by atomic mass is 79.9. The molecule has 1 aliphatic rings. The van der Waals surface area contributed by atoms with Gasteiger partial charge in [-0.25, -0.2) is 4.98 Å². The standard InChI is InChI=1S/C12H15BrCl2N2/c13-10-6-9(15)7-16-11(10)17-12(8-14)4-2-1-3-5-12/h6-7H,1-5,8H2,(H,16,17). The average Bonchev–Trinajstić information content (AvgIpc) is 2.34. The molecule has 1 aliphatic carbocycles. The monoisotopic (exact) mass is 336 g/mol. The van der Waals surface area contributed by atoms with Gasteiger partial charge in [-0.1, -0.05) is 30.9 Å². The minimum atomic E-state index is -0.0108. The van der Waals surface area contributed by atoms with Crippen LogP contribution in [0.25, 0.3) is 0 Å². The molecule has 1 heterocycles. The highest BCUT2D eigenvalue weighted by Gasteiger charge is 2.31. The summed E-state index contributed by atoms with van der Waals surface area (Å²) >= 11 is 15.5. The molecule has 0 aromatic carbocycles. The summed E-state index contributed by atoms with van der Waals surface area (Å²) in [5.74, 6) is 1.45. The van der Waals surface area contributed by atoms with Gasteiger partial charge in [-0.2, -0.15) is 0 Å². The minimum Gasteiger partial charge on any atom is -0.362 e. The second-order valence-electron chi connectivity index (χ2n) is 4.58. The van der Waals surface area contributed by atoms with E-state index in [0.29, 0.717) is 10.9 Å². The van der Waals surface area contributed by atoms with E-state index in [1.54, 1.807) is 6.20 Å². The number of halogens is 3. The van der Waals surface area contributed by atoms with Crippen molar-refractivity contribution in [3.05, 3.63) is 21.8 Å². The van der Waals surface area contributed by atoms with Crippen LogP contribution in [-0.4, -0.2) is 16.4 Å². The Morgan fingerprint density at radius 1 is 1.35 bits per heavy atom. The molecule has 1 N–H and O–H groups in total. The zero-order valence-electron chi connectivity index (χ0n) is 9.48. The number of anilines is 1. The predicted molar refractivity (Wildman–Crippen MR) is 77.1 cm³/mol. The molecular formula is C12H15BrCl2N2. The molecule has 0 saturated heterocycles. The fourth-order valence-corrected chi connectivity index (χ4v) is 3.35. The van der Waals surface area contributed by atoms with Gasteiger partial charge in [0.2, 0.25) is 0 Å². The normalized spacial score (nSPS) is 19.0. The maximum Gasteiger partial charge on any atom is 0.140 e. The molecule has 0 unspecified atom stereocenters. The fourth-order valence-electron chi connectivity index (χ4n) is 2.28. The Kier molecular flexibility index (Phi) is 4.56. The molecular weight excluding hydrogens is 323 g/mol. The van der Waals surface area contributed by atoms with Crippen molar-refractivity contribution in [1.29, 1.82) is 0 Å². The average molecular weight is 338 g/mol. The van der Waals surface area contributed by atoms with Gasteiger partial charge in [0.1, 0.15) is 5.82 Å². The number of nitrogens with one attached hydrogen (secondary N) is 1. The quantitative estimate of drug-likeness (QED) is 0.797. The van der Waals surface area contributed by atoms with Crippen LogP contribution >= 0.6 is 39.1 Å². The van der Waals surface area contributed by atoms with Crippen molar-refractivity contribution in [2.75, 3.05) is 11.2 Å². The minimum absolute atomic E-state index is 0.0108. The van der Waals surface area contributed by atoms with E-state index in [1.807, 2.05) is 6.07 Å². The molecule has 0 atom stereocenters. The largest absolute Gasteiger partial charge is 0.362 e. The summed E-state index contributed by atoms with van der Waals surface area (Å²) in [5, 5.41) is 4.12. The summed E-state index contributed by atoms with van der Waals surface area (Å²) in [6, 6.07) is 1.85. The molecule has 2 nitrogen and oxygen atoms in total. The molecule has 17 heavy (non-hydrogen) atoms. The van der Waals surface area contributed by atoms with Crippen LogP contribution in [0.1, 0.15) is 32.1 Å². The molecule has 1 aromatic heterocycles. The van der Waals surface area contributed by atoms with Gasteiger partial charge in [0, 0.05) is 12.1 Å². The number of pyridine rings is 1. The van der Waals surface area contributed by atoms with Crippen molar-refractivity contribution in [3.8, 4) is 0 Å². The summed E-state index contributed by atoms with van der Waals surface area (Å²) in [5.41, 5.74) is -0.0108. The predicted octanol–water partition coefficient (Wildman–Crippen LogP) is 4.85. The number of nitrogens with zero attached hydrogens (tertiary/aromatic N) is 1. The van der Waals surface area contributed by atoms with Gasteiger partial charge >= 0.3 is 0 Å². The Hall–Kier alpha value is 0.01000. The first-order chi connectivity index (χ1) is 8.15. The SMILES string of the molecule is ClCC1(Nc2ncc(Cl)cc2Br)CCCCC1. The van der Waals surface area contributed by atoms with E-state index in [9.17, 15) is 0 Å². The zero-order valence-corrected chi connectivity index (χ0v) is 12.6. The summed E-state index contributed by atoms with van der Waals surface area (Å²) in [6.45, 7) is 0. The molecule has 1 saturated carbocycles. The smallest absolute Gasteiger partial charge is 0.140 e. The fraction of sp³-hybridized carbons (Fsp3) is 0.583. The molecule has 0 aliphatic heterocycles. The van der Waals surface area contributed by atoms with Crippen molar-refractivity contribution >= 4 is 44.9 Å². The second kappa shape index (κ2) is 5.77. The van der Waals surface area contributed by atoms with Crippen LogP contribution < -0.4 is 5.32 Å². The van der Waals surface area contributed by atoms with Crippen LogP contribution in [0.5, 0.6) is 0 Å².